The number of aromatic hydroxyl groups is 1. The van der Waals surface area contributed by atoms with Crippen molar-refractivity contribution in [3.8, 4) is 16.9 Å². The Labute approximate surface area is 175 Å². The van der Waals surface area contributed by atoms with Crippen molar-refractivity contribution in [3.63, 3.8) is 0 Å². The smallest absolute Gasteiger partial charge is 0.321 e. The fraction of sp³-hybridized carbons (Fsp3) is 0.208. The van der Waals surface area contributed by atoms with Gasteiger partial charge in [0.2, 0.25) is 0 Å². The maximum absolute atomic E-state index is 13.9. The summed E-state index contributed by atoms with van der Waals surface area (Å²) in [4.78, 5) is 16.5. The van der Waals surface area contributed by atoms with Crippen LogP contribution in [0.1, 0.15) is 5.56 Å². The maximum atomic E-state index is 13.9. The summed E-state index contributed by atoms with van der Waals surface area (Å²) in [5.41, 5.74) is 3.30. The summed E-state index contributed by atoms with van der Waals surface area (Å²) in [6, 6.07) is 21.1. The van der Waals surface area contributed by atoms with Crippen molar-refractivity contribution in [2.75, 3.05) is 31.5 Å². The van der Waals surface area contributed by atoms with Crippen LogP contribution in [0.15, 0.2) is 72.8 Å². The number of nitrogens with one attached hydrogen (secondary N) is 1. The van der Waals surface area contributed by atoms with Gasteiger partial charge in [-0.15, -0.1) is 0 Å². The van der Waals surface area contributed by atoms with E-state index in [1.54, 1.807) is 41.3 Å². The lowest BCUT2D eigenvalue weighted by molar-refractivity contribution is 0.143. The number of nitrogens with zero attached hydrogens (tertiary/aromatic N) is 2. The molecule has 1 saturated heterocycles. The molecule has 30 heavy (non-hydrogen) atoms. The quantitative estimate of drug-likeness (QED) is 0.626. The number of anilines is 1. The third-order valence-corrected chi connectivity index (χ3v) is 5.32. The van der Waals surface area contributed by atoms with E-state index in [1.807, 2.05) is 30.3 Å². The summed E-state index contributed by atoms with van der Waals surface area (Å²) in [6.45, 7) is 3.68. The number of benzene rings is 3. The Morgan fingerprint density at radius 2 is 1.57 bits per heavy atom. The van der Waals surface area contributed by atoms with E-state index in [1.165, 1.54) is 6.07 Å². The fourth-order valence-corrected chi connectivity index (χ4v) is 3.60. The zero-order valence-electron chi connectivity index (χ0n) is 16.6. The van der Waals surface area contributed by atoms with Crippen LogP contribution in [0.4, 0.5) is 14.9 Å². The maximum Gasteiger partial charge on any atom is 0.321 e. The fourth-order valence-electron chi connectivity index (χ4n) is 3.60. The van der Waals surface area contributed by atoms with Crippen molar-refractivity contribution < 1.29 is 14.3 Å². The lowest BCUT2D eigenvalue weighted by Crippen LogP contribution is -2.49. The monoisotopic (exact) mass is 405 g/mol. The second kappa shape index (κ2) is 8.97. The molecule has 0 radical (unpaired) electrons. The third-order valence-electron chi connectivity index (χ3n) is 5.32. The number of phenols is 1. The number of rotatable bonds is 4. The number of urea groups is 1. The Bertz CT molecular complexity index is 998. The summed E-state index contributed by atoms with van der Waals surface area (Å²) < 4.78 is 13.9. The van der Waals surface area contributed by atoms with Crippen molar-refractivity contribution in [3.05, 3.63) is 84.2 Å². The number of amides is 2. The Morgan fingerprint density at radius 1 is 0.900 bits per heavy atom. The first-order valence-electron chi connectivity index (χ1n) is 10.00. The van der Waals surface area contributed by atoms with E-state index < -0.39 is 0 Å². The highest BCUT2D eigenvalue weighted by atomic mass is 19.1. The van der Waals surface area contributed by atoms with Crippen molar-refractivity contribution in [2.24, 2.45) is 0 Å². The van der Waals surface area contributed by atoms with Gasteiger partial charge < -0.3 is 15.3 Å². The summed E-state index contributed by atoms with van der Waals surface area (Å²) >= 11 is 0. The summed E-state index contributed by atoms with van der Waals surface area (Å²) in [7, 11) is 0. The molecule has 154 valence electrons. The predicted octanol–water partition coefficient (Wildman–Crippen LogP) is 4.55. The van der Waals surface area contributed by atoms with Gasteiger partial charge in [0.1, 0.15) is 11.6 Å². The Morgan fingerprint density at radius 3 is 2.23 bits per heavy atom. The third kappa shape index (κ3) is 4.78. The first kappa shape index (κ1) is 19.9. The zero-order valence-corrected chi connectivity index (χ0v) is 16.6. The molecule has 1 heterocycles. The molecular weight excluding hydrogens is 381 g/mol. The molecule has 3 aromatic carbocycles. The molecular formula is C24H24FN3O2. The highest BCUT2D eigenvalue weighted by Gasteiger charge is 2.21. The molecule has 0 spiro atoms. The van der Waals surface area contributed by atoms with Crippen LogP contribution in [-0.2, 0) is 6.54 Å². The normalized spacial score (nSPS) is 14.5. The number of carbonyl (C=O) groups excluding carboxylic acids is 1. The summed E-state index contributed by atoms with van der Waals surface area (Å²) in [6.07, 6.45) is 0. The van der Waals surface area contributed by atoms with Gasteiger partial charge in [-0.1, -0.05) is 42.5 Å². The molecule has 1 aliphatic rings. The van der Waals surface area contributed by atoms with E-state index in [0.717, 1.165) is 30.8 Å². The van der Waals surface area contributed by atoms with Gasteiger partial charge >= 0.3 is 6.03 Å². The molecule has 0 saturated carbocycles. The standard InChI is InChI=1S/C24H24FN3O2/c25-23-4-2-1-3-22(23)19-7-5-18(6-8-19)17-27-13-15-28(16-14-27)24(30)26-20-9-11-21(29)12-10-20/h1-12,29H,13-17H2,(H,26,30). The molecule has 5 nitrogen and oxygen atoms in total. The average Bonchev–Trinajstić information content (AvgIpc) is 2.77. The second-order valence-electron chi connectivity index (χ2n) is 7.42. The van der Waals surface area contributed by atoms with Crippen LogP contribution < -0.4 is 5.32 Å². The summed E-state index contributed by atoms with van der Waals surface area (Å²) in [5.74, 6) is -0.0458. The van der Waals surface area contributed by atoms with E-state index in [0.29, 0.717) is 24.3 Å². The Hall–Kier alpha value is -3.38. The van der Waals surface area contributed by atoms with Crippen LogP contribution in [-0.4, -0.2) is 47.1 Å². The topological polar surface area (TPSA) is 55.8 Å². The lowest BCUT2D eigenvalue weighted by atomic mass is 10.0. The lowest BCUT2D eigenvalue weighted by Gasteiger charge is -2.34. The molecule has 4 rings (SSSR count). The summed E-state index contributed by atoms with van der Waals surface area (Å²) in [5, 5.41) is 12.2. The molecule has 2 N–H and O–H groups in total. The van der Waals surface area contributed by atoms with Crippen LogP contribution >= 0.6 is 0 Å². The molecule has 1 aliphatic heterocycles. The SMILES string of the molecule is O=C(Nc1ccc(O)cc1)N1CCN(Cc2ccc(-c3ccccc3F)cc2)CC1. The van der Waals surface area contributed by atoms with Gasteiger partial charge in [-0.05, 0) is 41.5 Å². The number of hydrogen-bond acceptors (Lipinski definition) is 3. The molecule has 0 atom stereocenters. The van der Waals surface area contributed by atoms with Gasteiger partial charge in [0, 0.05) is 44.0 Å². The van der Waals surface area contributed by atoms with Crippen LogP contribution in [0.25, 0.3) is 11.1 Å². The first-order valence-corrected chi connectivity index (χ1v) is 10.00. The van der Waals surface area contributed by atoms with E-state index in [2.05, 4.69) is 10.2 Å². The molecule has 0 unspecified atom stereocenters. The largest absolute Gasteiger partial charge is 0.508 e. The van der Waals surface area contributed by atoms with Gasteiger partial charge in [0.05, 0.1) is 0 Å². The Kier molecular flexibility index (Phi) is 5.95. The van der Waals surface area contributed by atoms with Crippen LogP contribution in [0.3, 0.4) is 0 Å². The van der Waals surface area contributed by atoms with Gasteiger partial charge in [-0.25, -0.2) is 9.18 Å². The molecule has 0 bridgehead atoms. The van der Waals surface area contributed by atoms with Gasteiger partial charge in [0.15, 0.2) is 0 Å². The minimum absolute atomic E-state index is 0.130. The van der Waals surface area contributed by atoms with Crippen LogP contribution in [0.2, 0.25) is 0 Å². The number of piperazine rings is 1. The highest BCUT2D eigenvalue weighted by Crippen LogP contribution is 2.23. The minimum atomic E-state index is -0.216. The molecule has 0 aliphatic carbocycles. The zero-order chi connectivity index (χ0) is 20.9. The number of carbonyl (C=O) groups is 1. The minimum Gasteiger partial charge on any atom is -0.508 e. The number of hydrogen-bond donors (Lipinski definition) is 2. The predicted molar refractivity (Wildman–Crippen MR) is 116 cm³/mol. The van der Waals surface area contributed by atoms with Gasteiger partial charge in [0.25, 0.3) is 0 Å². The first-order chi connectivity index (χ1) is 14.6. The van der Waals surface area contributed by atoms with Crippen LogP contribution in [0, 0.1) is 5.82 Å². The Balaban J connectivity index is 1.29. The highest BCUT2D eigenvalue weighted by molar-refractivity contribution is 5.89. The van der Waals surface area contributed by atoms with Gasteiger partial charge in [-0.2, -0.15) is 0 Å². The van der Waals surface area contributed by atoms with Crippen molar-refractivity contribution in [2.45, 2.75) is 6.54 Å². The van der Waals surface area contributed by atoms with E-state index in [-0.39, 0.29) is 17.6 Å². The number of halogens is 1. The van der Waals surface area contributed by atoms with E-state index in [4.69, 9.17) is 0 Å². The second-order valence-corrected chi connectivity index (χ2v) is 7.42. The average molecular weight is 405 g/mol. The molecule has 1 fully saturated rings. The van der Waals surface area contributed by atoms with E-state index >= 15 is 0 Å². The van der Waals surface area contributed by atoms with E-state index in [9.17, 15) is 14.3 Å². The molecule has 6 heteroatoms. The van der Waals surface area contributed by atoms with Crippen LogP contribution in [0.5, 0.6) is 5.75 Å². The van der Waals surface area contributed by atoms with Crippen molar-refractivity contribution in [1.82, 2.24) is 9.80 Å². The van der Waals surface area contributed by atoms with Crippen molar-refractivity contribution in [1.29, 1.82) is 0 Å². The molecule has 3 aromatic rings. The van der Waals surface area contributed by atoms with Crippen molar-refractivity contribution >= 4 is 11.7 Å². The number of phenolic OH excluding ortho intramolecular Hbond substituents is 1. The van der Waals surface area contributed by atoms with Gasteiger partial charge in [-0.3, -0.25) is 4.90 Å². The molecule has 0 aromatic heterocycles. The molecule has 2 amide bonds.